The summed E-state index contributed by atoms with van der Waals surface area (Å²) in [6, 6.07) is 6.66. The summed E-state index contributed by atoms with van der Waals surface area (Å²) in [5.41, 5.74) is 0. The van der Waals surface area contributed by atoms with Crippen LogP contribution in [0.15, 0.2) is 38.6 Å². The molecular formula is C17H30BrIN4O3S. The zero-order valence-electron chi connectivity index (χ0n) is 16.1. The maximum Gasteiger partial charge on any atom is 0.191 e. The standard InChI is InChI=1S/C17H29BrN4O3S.HI/c1-19-17(20-9-12-22(2)11-4-13-25-3)21-10-14-26(23,24)16-7-5-15(18)6-8-16;/h5-8H,4,9-14H2,1-3H3,(H2,19,20,21);1H. The summed E-state index contributed by atoms with van der Waals surface area (Å²) in [6.07, 6.45) is 0.994. The fourth-order valence-electron chi connectivity index (χ4n) is 2.24. The average Bonchev–Trinajstić information content (AvgIpc) is 2.61. The first kappa shape index (κ1) is 26.6. The highest BCUT2D eigenvalue weighted by Gasteiger charge is 2.14. The second-order valence-electron chi connectivity index (χ2n) is 5.85. The third kappa shape index (κ3) is 11.2. The van der Waals surface area contributed by atoms with E-state index in [1.54, 1.807) is 38.4 Å². The maximum atomic E-state index is 12.3. The normalized spacial score (nSPS) is 12.0. The number of sulfone groups is 1. The molecule has 0 saturated carbocycles. The predicted molar refractivity (Wildman–Crippen MR) is 125 cm³/mol. The summed E-state index contributed by atoms with van der Waals surface area (Å²) in [5.74, 6) is 0.605. The second-order valence-corrected chi connectivity index (χ2v) is 8.87. The van der Waals surface area contributed by atoms with Gasteiger partial charge in [0.2, 0.25) is 0 Å². The highest BCUT2D eigenvalue weighted by molar-refractivity contribution is 14.0. The predicted octanol–water partition coefficient (Wildman–Crippen LogP) is 1.97. The first-order valence-corrected chi connectivity index (χ1v) is 10.9. The lowest BCUT2D eigenvalue weighted by molar-refractivity contribution is 0.180. The Morgan fingerprint density at radius 1 is 1.19 bits per heavy atom. The smallest absolute Gasteiger partial charge is 0.191 e. The molecule has 0 aliphatic carbocycles. The van der Waals surface area contributed by atoms with Gasteiger partial charge < -0.3 is 20.3 Å². The van der Waals surface area contributed by atoms with Crippen molar-refractivity contribution in [2.24, 2.45) is 4.99 Å². The molecule has 0 unspecified atom stereocenters. The second kappa shape index (κ2) is 14.6. The molecule has 0 saturated heterocycles. The molecule has 0 atom stereocenters. The minimum atomic E-state index is -3.31. The van der Waals surface area contributed by atoms with Gasteiger partial charge in [-0.05, 0) is 37.7 Å². The summed E-state index contributed by atoms with van der Waals surface area (Å²) in [5, 5.41) is 6.23. The molecular weight excluding hydrogens is 547 g/mol. The molecule has 0 aromatic heterocycles. The van der Waals surface area contributed by atoms with Crippen LogP contribution < -0.4 is 10.6 Å². The van der Waals surface area contributed by atoms with Gasteiger partial charge >= 0.3 is 0 Å². The van der Waals surface area contributed by atoms with Crippen molar-refractivity contribution in [2.45, 2.75) is 11.3 Å². The molecule has 7 nitrogen and oxygen atoms in total. The summed E-state index contributed by atoms with van der Waals surface area (Å²) < 4.78 is 30.5. The summed E-state index contributed by atoms with van der Waals surface area (Å²) in [6.45, 7) is 3.60. The Balaban J connectivity index is 0.00000676. The molecule has 0 amide bonds. The lowest BCUT2D eigenvalue weighted by Crippen LogP contribution is -2.42. The van der Waals surface area contributed by atoms with Crippen LogP contribution in [-0.2, 0) is 14.6 Å². The zero-order chi connectivity index (χ0) is 19.4. The summed E-state index contributed by atoms with van der Waals surface area (Å²) >= 11 is 3.30. The number of benzene rings is 1. The van der Waals surface area contributed by atoms with Crippen LogP contribution in [0.3, 0.4) is 0 Å². The monoisotopic (exact) mass is 576 g/mol. The van der Waals surface area contributed by atoms with Gasteiger partial charge in [-0.3, -0.25) is 4.99 Å². The van der Waals surface area contributed by atoms with Crippen molar-refractivity contribution in [3.63, 3.8) is 0 Å². The highest BCUT2D eigenvalue weighted by atomic mass is 127. The Morgan fingerprint density at radius 3 is 2.41 bits per heavy atom. The molecule has 1 aromatic carbocycles. The Kier molecular flexibility index (Phi) is 14.3. The third-order valence-electron chi connectivity index (χ3n) is 3.73. The zero-order valence-corrected chi connectivity index (χ0v) is 20.8. The van der Waals surface area contributed by atoms with E-state index in [9.17, 15) is 8.42 Å². The van der Waals surface area contributed by atoms with Gasteiger partial charge in [0.15, 0.2) is 15.8 Å². The third-order valence-corrected chi connectivity index (χ3v) is 5.99. The number of ether oxygens (including phenoxy) is 1. The van der Waals surface area contributed by atoms with Crippen molar-refractivity contribution in [1.29, 1.82) is 0 Å². The maximum absolute atomic E-state index is 12.3. The number of rotatable bonds is 11. The number of hydrogen-bond acceptors (Lipinski definition) is 5. The van der Waals surface area contributed by atoms with Crippen molar-refractivity contribution in [1.82, 2.24) is 15.5 Å². The molecule has 1 aromatic rings. The van der Waals surface area contributed by atoms with Crippen LogP contribution >= 0.6 is 39.9 Å². The van der Waals surface area contributed by atoms with E-state index in [1.165, 1.54) is 0 Å². The highest BCUT2D eigenvalue weighted by Crippen LogP contribution is 2.15. The Hall–Kier alpha value is -0.430. The quantitative estimate of drug-likeness (QED) is 0.181. The van der Waals surface area contributed by atoms with Gasteiger partial charge in [-0.2, -0.15) is 0 Å². The number of methoxy groups -OCH3 is 1. The number of likely N-dealkylation sites (N-methyl/N-ethyl adjacent to an activating group) is 1. The van der Waals surface area contributed by atoms with Gasteiger partial charge in [0.05, 0.1) is 10.6 Å². The number of nitrogens with zero attached hydrogens (tertiary/aromatic N) is 2. The number of guanidine groups is 1. The number of halogens is 2. The lowest BCUT2D eigenvalue weighted by Gasteiger charge is -2.18. The van der Waals surface area contributed by atoms with Crippen molar-refractivity contribution in [3.8, 4) is 0 Å². The van der Waals surface area contributed by atoms with Gasteiger partial charge in [-0.1, -0.05) is 15.9 Å². The average molecular weight is 577 g/mol. The molecule has 0 aliphatic heterocycles. The van der Waals surface area contributed by atoms with Crippen molar-refractivity contribution >= 4 is 55.7 Å². The van der Waals surface area contributed by atoms with Gasteiger partial charge in [-0.25, -0.2) is 8.42 Å². The number of hydrogen-bond donors (Lipinski definition) is 2. The van der Waals surface area contributed by atoms with Crippen molar-refractivity contribution < 1.29 is 13.2 Å². The fraction of sp³-hybridized carbons (Fsp3) is 0.588. The van der Waals surface area contributed by atoms with Crippen LogP contribution in [-0.4, -0.2) is 79.0 Å². The topological polar surface area (TPSA) is 83.0 Å². The van der Waals surface area contributed by atoms with Gasteiger partial charge in [0.25, 0.3) is 0 Å². The van der Waals surface area contributed by atoms with E-state index in [0.29, 0.717) is 17.4 Å². The first-order valence-electron chi connectivity index (χ1n) is 8.49. The van der Waals surface area contributed by atoms with Crippen LogP contribution in [0.2, 0.25) is 0 Å². The van der Waals surface area contributed by atoms with E-state index < -0.39 is 9.84 Å². The molecule has 10 heteroatoms. The van der Waals surface area contributed by atoms with Crippen LogP contribution in [0.5, 0.6) is 0 Å². The number of nitrogens with one attached hydrogen (secondary N) is 2. The van der Waals surface area contributed by atoms with E-state index in [-0.39, 0.29) is 29.7 Å². The first-order chi connectivity index (χ1) is 12.4. The molecule has 27 heavy (non-hydrogen) atoms. The van der Waals surface area contributed by atoms with E-state index in [1.807, 2.05) is 0 Å². The van der Waals surface area contributed by atoms with Gasteiger partial charge in [-0.15, -0.1) is 24.0 Å². The summed E-state index contributed by atoms with van der Waals surface area (Å²) in [7, 11) is 2.11. The number of aliphatic imine (C=N–C) groups is 1. The van der Waals surface area contributed by atoms with Crippen LogP contribution in [0, 0.1) is 0 Å². The van der Waals surface area contributed by atoms with E-state index in [2.05, 4.69) is 43.5 Å². The Labute approximate surface area is 188 Å². The molecule has 0 heterocycles. The van der Waals surface area contributed by atoms with Crippen molar-refractivity contribution in [2.75, 3.05) is 59.7 Å². The SMILES string of the molecule is CN=C(NCCN(C)CCCOC)NCCS(=O)(=O)c1ccc(Br)cc1.I. The Morgan fingerprint density at radius 2 is 1.81 bits per heavy atom. The minimum absolute atomic E-state index is 0. The minimum Gasteiger partial charge on any atom is -0.385 e. The van der Waals surface area contributed by atoms with Crippen LogP contribution in [0.1, 0.15) is 6.42 Å². The summed E-state index contributed by atoms with van der Waals surface area (Å²) in [4.78, 5) is 6.65. The van der Waals surface area contributed by atoms with E-state index >= 15 is 0 Å². The van der Waals surface area contributed by atoms with Gasteiger partial charge in [0.1, 0.15) is 0 Å². The van der Waals surface area contributed by atoms with Crippen LogP contribution in [0.4, 0.5) is 0 Å². The van der Waals surface area contributed by atoms with E-state index in [0.717, 1.165) is 37.1 Å². The van der Waals surface area contributed by atoms with E-state index in [4.69, 9.17) is 4.74 Å². The molecule has 2 N–H and O–H groups in total. The molecule has 156 valence electrons. The molecule has 0 spiro atoms. The molecule has 0 bridgehead atoms. The van der Waals surface area contributed by atoms with Gasteiger partial charge in [0, 0.05) is 51.4 Å². The largest absolute Gasteiger partial charge is 0.385 e. The van der Waals surface area contributed by atoms with Crippen LogP contribution in [0.25, 0.3) is 0 Å². The lowest BCUT2D eigenvalue weighted by atomic mass is 10.4. The molecule has 0 aliphatic rings. The fourth-order valence-corrected chi connectivity index (χ4v) is 3.66. The Bertz CT molecular complexity index is 657. The molecule has 1 rings (SSSR count). The molecule has 0 fully saturated rings. The molecule has 0 radical (unpaired) electrons. The van der Waals surface area contributed by atoms with Crippen molar-refractivity contribution in [3.05, 3.63) is 28.7 Å².